The van der Waals surface area contributed by atoms with Crippen LogP contribution >= 0.6 is 0 Å². The van der Waals surface area contributed by atoms with E-state index in [4.69, 9.17) is 9.47 Å². The van der Waals surface area contributed by atoms with Gasteiger partial charge in [-0.2, -0.15) is 0 Å². The zero-order valence-electron chi connectivity index (χ0n) is 13.1. The molecule has 0 spiro atoms. The lowest BCUT2D eigenvalue weighted by Crippen LogP contribution is -2.37. The number of esters is 2. The lowest BCUT2D eigenvalue weighted by atomic mass is 10.0. The summed E-state index contributed by atoms with van der Waals surface area (Å²) >= 11 is 0. The zero-order chi connectivity index (χ0) is 15.8. The predicted octanol–water partition coefficient (Wildman–Crippen LogP) is 1.38. The van der Waals surface area contributed by atoms with Crippen LogP contribution in [0.25, 0.3) is 0 Å². The topological polar surface area (TPSA) is 72.9 Å². The molecule has 0 aromatic rings. The van der Waals surface area contributed by atoms with Crippen molar-refractivity contribution in [2.75, 3.05) is 26.8 Å². The van der Waals surface area contributed by atoms with Crippen LogP contribution in [0.15, 0.2) is 0 Å². The lowest BCUT2D eigenvalue weighted by Gasteiger charge is -2.23. The van der Waals surface area contributed by atoms with Gasteiger partial charge in [-0.25, -0.2) is 0 Å². The van der Waals surface area contributed by atoms with Gasteiger partial charge in [0.15, 0.2) is 0 Å². The Kier molecular flexibility index (Phi) is 7.19. The maximum Gasteiger partial charge on any atom is 0.315 e. The fourth-order valence-electron chi connectivity index (χ4n) is 2.16. The first-order valence-corrected chi connectivity index (χ1v) is 7.54. The molecule has 6 heteroatoms. The van der Waals surface area contributed by atoms with E-state index in [1.165, 1.54) is 4.90 Å². The minimum absolute atomic E-state index is 0.253. The zero-order valence-corrected chi connectivity index (χ0v) is 13.1. The van der Waals surface area contributed by atoms with Gasteiger partial charge < -0.3 is 14.4 Å². The first-order valence-electron chi connectivity index (χ1n) is 7.54. The van der Waals surface area contributed by atoms with Crippen molar-refractivity contribution < 1.29 is 23.9 Å². The van der Waals surface area contributed by atoms with Gasteiger partial charge in [-0.15, -0.1) is 0 Å². The summed E-state index contributed by atoms with van der Waals surface area (Å²) in [6, 6.07) is 0. The van der Waals surface area contributed by atoms with Gasteiger partial charge in [-0.05, 0) is 26.2 Å². The van der Waals surface area contributed by atoms with Crippen molar-refractivity contribution in [3.63, 3.8) is 0 Å². The molecule has 0 aromatic heterocycles. The quantitative estimate of drug-likeness (QED) is 0.475. The van der Waals surface area contributed by atoms with E-state index in [9.17, 15) is 14.4 Å². The Balaban J connectivity index is 2.49. The maximum atomic E-state index is 11.9. The standard InChI is InChI=1S/C15H25NO5/c1-4-20-14(18)9-13(17)16(3)10-12(8-11-6-7-11)15(19)21-5-2/h11-12H,4-10H2,1-3H3. The van der Waals surface area contributed by atoms with Gasteiger partial charge >= 0.3 is 11.9 Å². The van der Waals surface area contributed by atoms with E-state index in [2.05, 4.69) is 0 Å². The molecule has 0 aliphatic heterocycles. The Morgan fingerprint density at radius 2 is 1.76 bits per heavy atom. The number of ether oxygens (including phenoxy) is 2. The van der Waals surface area contributed by atoms with Crippen LogP contribution in [0, 0.1) is 11.8 Å². The Hall–Kier alpha value is -1.59. The molecule has 120 valence electrons. The minimum Gasteiger partial charge on any atom is -0.466 e. The van der Waals surface area contributed by atoms with Crippen LogP contribution < -0.4 is 0 Å². The number of amides is 1. The molecule has 0 bridgehead atoms. The monoisotopic (exact) mass is 299 g/mol. The summed E-state index contributed by atoms with van der Waals surface area (Å²) < 4.78 is 9.81. The largest absolute Gasteiger partial charge is 0.466 e. The summed E-state index contributed by atoms with van der Waals surface area (Å²) in [6.07, 6.45) is 2.73. The second kappa shape index (κ2) is 8.64. The maximum absolute atomic E-state index is 11.9. The normalized spacial score (nSPS) is 15.2. The summed E-state index contributed by atoms with van der Waals surface area (Å²) in [4.78, 5) is 36.6. The van der Waals surface area contributed by atoms with Gasteiger partial charge in [0, 0.05) is 13.6 Å². The number of carbonyl (C=O) groups excluding carboxylic acids is 3. The van der Waals surface area contributed by atoms with Gasteiger partial charge in [-0.1, -0.05) is 12.8 Å². The van der Waals surface area contributed by atoms with Gasteiger partial charge in [0.25, 0.3) is 0 Å². The molecular weight excluding hydrogens is 274 g/mol. The number of rotatable bonds is 9. The van der Waals surface area contributed by atoms with Crippen molar-refractivity contribution >= 4 is 17.8 Å². The predicted molar refractivity (Wildman–Crippen MR) is 76.4 cm³/mol. The van der Waals surface area contributed by atoms with Gasteiger partial charge in [0.2, 0.25) is 5.91 Å². The fraction of sp³-hybridized carbons (Fsp3) is 0.800. The highest BCUT2D eigenvalue weighted by atomic mass is 16.5. The van der Waals surface area contributed by atoms with E-state index in [0.29, 0.717) is 12.5 Å². The summed E-state index contributed by atoms with van der Waals surface area (Å²) in [6.45, 7) is 4.33. The second-order valence-corrected chi connectivity index (χ2v) is 5.38. The van der Waals surface area contributed by atoms with E-state index in [1.54, 1.807) is 20.9 Å². The summed E-state index contributed by atoms with van der Waals surface area (Å²) in [5, 5.41) is 0. The molecule has 1 rings (SSSR count). The van der Waals surface area contributed by atoms with Crippen LogP contribution in [0.2, 0.25) is 0 Å². The summed E-state index contributed by atoms with van der Waals surface area (Å²) in [7, 11) is 1.60. The molecular formula is C15H25NO5. The molecule has 1 amide bonds. The highest BCUT2D eigenvalue weighted by Gasteiger charge is 2.32. The molecule has 1 unspecified atom stereocenters. The molecule has 1 saturated carbocycles. The lowest BCUT2D eigenvalue weighted by molar-refractivity contribution is -0.150. The molecule has 0 saturated heterocycles. The van der Waals surface area contributed by atoms with E-state index in [0.717, 1.165) is 19.3 Å². The first-order chi connectivity index (χ1) is 9.97. The highest BCUT2D eigenvalue weighted by Crippen LogP contribution is 2.35. The molecule has 21 heavy (non-hydrogen) atoms. The SMILES string of the molecule is CCOC(=O)CC(=O)N(C)CC(CC1CC1)C(=O)OCC. The molecule has 0 N–H and O–H groups in total. The van der Waals surface area contributed by atoms with E-state index >= 15 is 0 Å². The third-order valence-corrected chi connectivity index (χ3v) is 3.46. The summed E-state index contributed by atoms with van der Waals surface area (Å²) in [5.74, 6) is -0.885. The Morgan fingerprint density at radius 3 is 2.29 bits per heavy atom. The van der Waals surface area contributed by atoms with Crippen molar-refractivity contribution in [1.29, 1.82) is 0 Å². The average Bonchev–Trinajstić information content (AvgIpc) is 3.22. The Labute approximate surface area is 125 Å². The highest BCUT2D eigenvalue weighted by molar-refractivity contribution is 5.94. The van der Waals surface area contributed by atoms with Crippen LogP contribution in [0.1, 0.15) is 39.5 Å². The van der Waals surface area contributed by atoms with Gasteiger partial charge in [0.1, 0.15) is 6.42 Å². The van der Waals surface area contributed by atoms with Crippen LogP contribution in [0.4, 0.5) is 0 Å². The number of carbonyl (C=O) groups is 3. The average molecular weight is 299 g/mol. The third kappa shape index (κ3) is 6.60. The molecule has 6 nitrogen and oxygen atoms in total. The number of hydrogen-bond acceptors (Lipinski definition) is 5. The minimum atomic E-state index is -0.538. The fourth-order valence-corrected chi connectivity index (χ4v) is 2.16. The van der Waals surface area contributed by atoms with Crippen LogP contribution in [0.5, 0.6) is 0 Å². The first kappa shape index (κ1) is 17.5. The van der Waals surface area contributed by atoms with Crippen molar-refractivity contribution in [1.82, 2.24) is 4.90 Å². The molecule has 0 radical (unpaired) electrons. The molecule has 1 atom stereocenters. The van der Waals surface area contributed by atoms with Crippen molar-refractivity contribution in [3.8, 4) is 0 Å². The number of hydrogen-bond donors (Lipinski definition) is 0. The van der Waals surface area contributed by atoms with Crippen LogP contribution in [-0.4, -0.2) is 49.6 Å². The van der Waals surface area contributed by atoms with Crippen molar-refractivity contribution in [2.24, 2.45) is 11.8 Å². The Bertz CT molecular complexity index is 378. The van der Waals surface area contributed by atoms with Crippen LogP contribution in [-0.2, 0) is 23.9 Å². The van der Waals surface area contributed by atoms with Gasteiger partial charge in [0.05, 0.1) is 19.1 Å². The molecule has 1 aliphatic carbocycles. The van der Waals surface area contributed by atoms with Gasteiger partial charge in [-0.3, -0.25) is 14.4 Å². The molecule has 1 aliphatic rings. The third-order valence-electron chi connectivity index (χ3n) is 3.46. The molecule has 0 aromatic carbocycles. The van der Waals surface area contributed by atoms with Crippen molar-refractivity contribution in [3.05, 3.63) is 0 Å². The Morgan fingerprint density at radius 1 is 1.14 bits per heavy atom. The molecule has 1 fully saturated rings. The van der Waals surface area contributed by atoms with Crippen molar-refractivity contribution in [2.45, 2.75) is 39.5 Å². The van der Waals surface area contributed by atoms with E-state index < -0.39 is 5.97 Å². The second-order valence-electron chi connectivity index (χ2n) is 5.38. The smallest absolute Gasteiger partial charge is 0.315 e. The summed E-state index contributed by atoms with van der Waals surface area (Å²) in [5.41, 5.74) is 0. The van der Waals surface area contributed by atoms with E-state index in [-0.39, 0.29) is 37.4 Å². The van der Waals surface area contributed by atoms with Crippen LogP contribution in [0.3, 0.4) is 0 Å². The van der Waals surface area contributed by atoms with E-state index in [1.807, 2.05) is 0 Å². The molecule has 0 heterocycles. The number of nitrogens with zero attached hydrogens (tertiary/aromatic N) is 1.